The Bertz CT molecular complexity index is 548. The Hall–Kier alpha value is -1.21. The largest absolute Gasteiger partial charge is 0.399 e. The quantitative estimate of drug-likeness (QED) is 0.818. The van der Waals surface area contributed by atoms with Gasteiger partial charge in [-0.1, -0.05) is 20.8 Å². The number of rotatable bonds is 5. The molecule has 0 bridgehead atoms. The lowest BCUT2D eigenvalue weighted by Crippen LogP contribution is -2.34. The zero-order chi connectivity index (χ0) is 14.8. The summed E-state index contributed by atoms with van der Waals surface area (Å²) in [5.74, 6) is -2.39. The number of nitrogens with one attached hydrogen (secondary N) is 1. The molecule has 1 rings (SSSR count). The fourth-order valence-electron chi connectivity index (χ4n) is 1.32. The van der Waals surface area contributed by atoms with E-state index in [4.69, 9.17) is 5.73 Å². The lowest BCUT2D eigenvalue weighted by Gasteiger charge is -2.22. The van der Waals surface area contributed by atoms with Crippen molar-refractivity contribution in [1.29, 1.82) is 0 Å². The van der Waals surface area contributed by atoms with Gasteiger partial charge in [-0.15, -0.1) is 0 Å². The standard InChI is InChI=1S/C12H18F2N2O2S/c1-4-12(2,3)7-16-19(17,18)11-9(13)5-8(15)6-10(11)14/h5-6,16H,4,7,15H2,1-3H3. The van der Waals surface area contributed by atoms with Gasteiger partial charge in [-0.2, -0.15) is 0 Å². The minimum absolute atomic E-state index is 0.0924. The topological polar surface area (TPSA) is 72.2 Å². The molecule has 108 valence electrons. The highest BCUT2D eigenvalue weighted by atomic mass is 32.2. The maximum atomic E-state index is 13.6. The van der Waals surface area contributed by atoms with Crippen LogP contribution < -0.4 is 10.5 Å². The Morgan fingerprint density at radius 3 is 2.16 bits per heavy atom. The summed E-state index contributed by atoms with van der Waals surface area (Å²) in [6, 6.07) is 1.56. The van der Waals surface area contributed by atoms with E-state index in [9.17, 15) is 17.2 Å². The monoisotopic (exact) mass is 292 g/mol. The Balaban J connectivity index is 3.09. The van der Waals surface area contributed by atoms with Gasteiger partial charge in [-0.05, 0) is 24.0 Å². The molecule has 0 saturated heterocycles. The third kappa shape index (κ3) is 3.87. The molecule has 0 aliphatic rings. The maximum absolute atomic E-state index is 13.6. The third-order valence-corrected chi connectivity index (χ3v) is 4.44. The molecule has 19 heavy (non-hydrogen) atoms. The van der Waals surface area contributed by atoms with Crippen molar-refractivity contribution in [2.45, 2.75) is 32.1 Å². The molecule has 7 heteroatoms. The van der Waals surface area contributed by atoms with E-state index in [0.29, 0.717) is 0 Å². The first-order valence-corrected chi connectivity index (χ1v) is 7.31. The van der Waals surface area contributed by atoms with Crippen molar-refractivity contribution in [3.05, 3.63) is 23.8 Å². The number of nitrogens with two attached hydrogens (primary N) is 1. The fraction of sp³-hybridized carbons (Fsp3) is 0.500. The lowest BCUT2D eigenvalue weighted by atomic mass is 9.91. The van der Waals surface area contributed by atoms with E-state index in [1.807, 2.05) is 20.8 Å². The molecule has 1 aromatic carbocycles. The summed E-state index contributed by atoms with van der Waals surface area (Å²) < 4.78 is 53.2. The van der Waals surface area contributed by atoms with Gasteiger partial charge in [-0.3, -0.25) is 0 Å². The molecule has 0 fully saturated rings. The van der Waals surface area contributed by atoms with Gasteiger partial charge in [0.1, 0.15) is 11.6 Å². The van der Waals surface area contributed by atoms with E-state index in [0.717, 1.165) is 18.6 Å². The Morgan fingerprint density at radius 1 is 1.26 bits per heavy atom. The number of hydrogen-bond acceptors (Lipinski definition) is 3. The predicted octanol–water partition coefficient (Wildman–Crippen LogP) is 2.26. The molecule has 4 nitrogen and oxygen atoms in total. The van der Waals surface area contributed by atoms with Crippen molar-refractivity contribution >= 4 is 15.7 Å². The van der Waals surface area contributed by atoms with Gasteiger partial charge >= 0.3 is 0 Å². The summed E-state index contributed by atoms with van der Waals surface area (Å²) in [6.45, 7) is 5.70. The van der Waals surface area contributed by atoms with Gasteiger partial charge in [0.25, 0.3) is 0 Å². The van der Waals surface area contributed by atoms with E-state index in [2.05, 4.69) is 4.72 Å². The molecule has 0 spiro atoms. The number of halogens is 2. The van der Waals surface area contributed by atoms with Crippen molar-refractivity contribution in [3.8, 4) is 0 Å². The average molecular weight is 292 g/mol. The molecule has 0 radical (unpaired) electrons. The third-order valence-electron chi connectivity index (χ3n) is 2.99. The summed E-state index contributed by atoms with van der Waals surface area (Å²) in [7, 11) is -4.24. The summed E-state index contributed by atoms with van der Waals surface area (Å²) >= 11 is 0. The maximum Gasteiger partial charge on any atom is 0.246 e. The van der Waals surface area contributed by atoms with Crippen LogP contribution in [0.2, 0.25) is 0 Å². The lowest BCUT2D eigenvalue weighted by molar-refractivity contribution is 0.349. The summed E-state index contributed by atoms with van der Waals surface area (Å²) in [6.07, 6.45) is 0.724. The molecule has 0 aliphatic heterocycles. The first kappa shape index (κ1) is 15.8. The van der Waals surface area contributed by atoms with Crippen molar-refractivity contribution in [1.82, 2.24) is 4.72 Å². The van der Waals surface area contributed by atoms with Gasteiger partial charge in [0.05, 0.1) is 0 Å². The second-order valence-corrected chi connectivity index (χ2v) is 6.86. The number of anilines is 1. The minimum Gasteiger partial charge on any atom is -0.399 e. The highest BCUT2D eigenvalue weighted by Crippen LogP contribution is 2.23. The summed E-state index contributed by atoms with van der Waals surface area (Å²) in [5, 5.41) is 0. The van der Waals surface area contributed by atoms with E-state index < -0.39 is 26.6 Å². The summed E-state index contributed by atoms with van der Waals surface area (Å²) in [4.78, 5) is -0.992. The van der Waals surface area contributed by atoms with Crippen LogP contribution in [-0.2, 0) is 10.0 Å². The SMILES string of the molecule is CCC(C)(C)CNS(=O)(=O)c1c(F)cc(N)cc1F. The van der Waals surface area contributed by atoms with E-state index in [1.165, 1.54) is 0 Å². The van der Waals surface area contributed by atoms with Gasteiger partial charge in [-0.25, -0.2) is 21.9 Å². The van der Waals surface area contributed by atoms with Crippen LogP contribution in [0.15, 0.2) is 17.0 Å². The van der Waals surface area contributed by atoms with Crippen molar-refractivity contribution < 1.29 is 17.2 Å². The first-order chi connectivity index (χ1) is 8.59. The van der Waals surface area contributed by atoms with Crippen LogP contribution >= 0.6 is 0 Å². The van der Waals surface area contributed by atoms with Crippen LogP contribution in [-0.4, -0.2) is 15.0 Å². The van der Waals surface area contributed by atoms with Crippen molar-refractivity contribution in [3.63, 3.8) is 0 Å². The zero-order valence-corrected chi connectivity index (χ0v) is 11.9. The molecular weight excluding hydrogens is 274 g/mol. The van der Waals surface area contributed by atoms with Gasteiger partial charge < -0.3 is 5.73 Å². The molecular formula is C12H18F2N2O2S. The Kier molecular flexibility index (Phi) is 4.52. The Labute approximate surface area is 112 Å². The van der Waals surface area contributed by atoms with Crippen LogP contribution in [0.5, 0.6) is 0 Å². The molecule has 1 aromatic rings. The van der Waals surface area contributed by atoms with Crippen molar-refractivity contribution in [2.75, 3.05) is 12.3 Å². The van der Waals surface area contributed by atoms with E-state index >= 15 is 0 Å². The van der Waals surface area contributed by atoms with Crippen LogP contribution in [0.25, 0.3) is 0 Å². The van der Waals surface area contributed by atoms with Gasteiger partial charge in [0.2, 0.25) is 10.0 Å². The van der Waals surface area contributed by atoms with E-state index in [1.54, 1.807) is 0 Å². The van der Waals surface area contributed by atoms with Gasteiger partial charge in [0.15, 0.2) is 4.90 Å². The van der Waals surface area contributed by atoms with E-state index in [-0.39, 0.29) is 17.6 Å². The molecule has 0 amide bonds. The van der Waals surface area contributed by atoms with Crippen LogP contribution in [0.4, 0.5) is 14.5 Å². The van der Waals surface area contributed by atoms with Crippen LogP contribution in [0.3, 0.4) is 0 Å². The molecule has 0 aliphatic carbocycles. The van der Waals surface area contributed by atoms with Crippen LogP contribution in [0, 0.1) is 17.0 Å². The second-order valence-electron chi connectivity index (χ2n) is 5.16. The highest BCUT2D eigenvalue weighted by molar-refractivity contribution is 7.89. The molecule has 0 aromatic heterocycles. The number of nitrogen functional groups attached to an aromatic ring is 1. The number of hydrogen-bond donors (Lipinski definition) is 2. The molecule has 0 heterocycles. The second kappa shape index (κ2) is 5.42. The molecule has 0 atom stereocenters. The minimum atomic E-state index is -4.24. The molecule has 0 saturated carbocycles. The molecule has 0 unspecified atom stereocenters. The number of sulfonamides is 1. The average Bonchev–Trinajstić information content (AvgIpc) is 2.25. The first-order valence-electron chi connectivity index (χ1n) is 5.83. The van der Waals surface area contributed by atoms with Gasteiger partial charge in [0, 0.05) is 12.2 Å². The number of benzene rings is 1. The normalized spacial score (nSPS) is 12.7. The highest BCUT2D eigenvalue weighted by Gasteiger charge is 2.26. The Morgan fingerprint density at radius 2 is 1.74 bits per heavy atom. The predicted molar refractivity (Wildman–Crippen MR) is 70.0 cm³/mol. The fourth-order valence-corrected chi connectivity index (χ4v) is 2.68. The smallest absolute Gasteiger partial charge is 0.246 e. The molecule has 3 N–H and O–H groups in total. The van der Waals surface area contributed by atoms with Crippen molar-refractivity contribution in [2.24, 2.45) is 5.41 Å². The van der Waals surface area contributed by atoms with Crippen LogP contribution in [0.1, 0.15) is 27.2 Å². The summed E-state index contributed by atoms with van der Waals surface area (Å²) in [5.41, 5.74) is 4.78. The zero-order valence-electron chi connectivity index (χ0n) is 11.1.